The summed E-state index contributed by atoms with van der Waals surface area (Å²) in [5.41, 5.74) is 1.91. The van der Waals surface area contributed by atoms with Crippen LogP contribution in [0.25, 0.3) is 11.3 Å². The van der Waals surface area contributed by atoms with Gasteiger partial charge in [-0.2, -0.15) is 0 Å². The molecule has 0 fully saturated rings. The quantitative estimate of drug-likeness (QED) is 0.656. The molecule has 2 heterocycles. The van der Waals surface area contributed by atoms with Crippen molar-refractivity contribution in [2.24, 2.45) is 0 Å². The number of hydrogen-bond acceptors (Lipinski definition) is 8. The van der Waals surface area contributed by atoms with Crippen molar-refractivity contribution >= 4 is 22.4 Å². The van der Waals surface area contributed by atoms with E-state index in [2.05, 4.69) is 10.3 Å². The minimum atomic E-state index is -0.366. The molecule has 0 saturated heterocycles. The zero-order valence-corrected chi connectivity index (χ0v) is 16.8. The number of methoxy groups -OCH3 is 3. The number of rotatable bonds is 6. The Morgan fingerprint density at radius 2 is 1.83 bits per heavy atom. The molecule has 4 rings (SSSR count). The van der Waals surface area contributed by atoms with E-state index in [9.17, 15) is 4.79 Å². The van der Waals surface area contributed by atoms with Gasteiger partial charge in [0, 0.05) is 10.9 Å². The van der Waals surface area contributed by atoms with Gasteiger partial charge in [-0.15, -0.1) is 11.3 Å². The molecule has 150 valence electrons. The molecule has 29 heavy (non-hydrogen) atoms. The minimum Gasteiger partial charge on any atom is -0.493 e. The zero-order valence-electron chi connectivity index (χ0n) is 16.0. The normalized spacial score (nSPS) is 11.8. The Labute approximate surface area is 171 Å². The van der Waals surface area contributed by atoms with Crippen molar-refractivity contribution in [3.8, 4) is 40.0 Å². The van der Waals surface area contributed by atoms with Crippen molar-refractivity contribution in [2.45, 2.75) is 0 Å². The number of carbonyl (C=O) groups is 1. The van der Waals surface area contributed by atoms with Crippen LogP contribution in [-0.2, 0) is 0 Å². The summed E-state index contributed by atoms with van der Waals surface area (Å²) in [5.74, 6) is 2.13. The Kier molecular flexibility index (Phi) is 5.13. The van der Waals surface area contributed by atoms with Crippen molar-refractivity contribution in [2.75, 3.05) is 33.4 Å². The summed E-state index contributed by atoms with van der Waals surface area (Å²) in [6, 6.07) is 8.85. The molecular weight excluding hydrogens is 396 g/mol. The number of anilines is 1. The summed E-state index contributed by atoms with van der Waals surface area (Å²) in [5, 5.41) is 5.12. The second kappa shape index (κ2) is 7.88. The highest BCUT2D eigenvalue weighted by molar-refractivity contribution is 7.14. The molecule has 0 saturated carbocycles. The van der Waals surface area contributed by atoms with E-state index in [0.717, 1.165) is 11.3 Å². The Bertz CT molecular complexity index is 1070. The summed E-state index contributed by atoms with van der Waals surface area (Å²) in [6.45, 7) is 0.213. The highest BCUT2D eigenvalue weighted by Gasteiger charge is 2.22. The maximum Gasteiger partial charge on any atom is 0.261 e. The lowest BCUT2D eigenvalue weighted by atomic mass is 10.1. The third-order valence-electron chi connectivity index (χ3n) is 4.34. The molecular formula is C20H18N2O6S. The summed E-state index contributed by atoms with van der Waals surface area (Å²) in [6.07, 6.45) is 0. The SMILES string of the molecule is COc1ccc(C(=O)Nc2nc(-c3ccc4c(c3)OCO4)cs2)c(OC)c1OC. The van der Waals surface area contributed by atoms with Crippen LogP contribution in [-0.4, -0.2) is 39.0 Å². The second-order valence-corrected chi connectivity index (χ2v) is 6.80. The molecule has 1 aromatic heterocycles. The number of aromatic nitrogens is 1. The number of ether oxygens (including phenoxy) is 5. The maximum absolute atomic E-state index is 12.8. The lowest BCUT2D eigenvalue weighted by Crippen LogP contribution is -2.13. The maximum atomic E-state index is 12.8. The van der Waals surface area contributed by atoms with Gasteiger partial charge in [0.15, 0.2) is 28.1 Å². The molecule has 0 radical (unpaired) electrons. The molecule has 9 heteroatoms. The number of hydrogen-bond donors (Lipinski definition) is 1. The average molecular weight is 414 g/mol. The van der Waals surface area contributed by atoms with Crippen molar-refractivity contribution in [1.29, 1.82) is 0 Å². The zero-order chi connectivity index (χ0) is 20.4. The summed E-state index contributed by atoms with van der Waals surface area (Å²) in [4.78, 5) is 17.3. The second-order valence-electron chi connectivity index (χ2n) is 5.94. The number of benzene rings is 2. The highest BCUT2D eigenvalue weighted by Crippen LogP contribution is 2.40. The van der Waals surface area contributed by atoms with Gasteiger partial charge >= 0.3 is 0 Å². The van der Waals surface area contributed by atoms with Gasteiger partial charge in [0.1, 0.15) is 0 Å². The van der Waals surface area contributed by atoms with E-state index in [4.69, 9.17) is 23.7 Å². The van der Waals surface area contributed by atoms with Crippen molar-refractivity contribution in [1.82, 2.24) is 4.98 Å². The molecule has 0 unspecified atom stereocenters. The van der Waals surface area contributed by atoms with E-state index in [-0.39, 0.29) is 18.4 Å². The molecule has 1 aliphatic rings. The van der Waals surface area contributed by atoms with Crippen LogP contribution in [0.3, 0.4) is 0 Å². The first-order valence-electron chi connectivity index (χ1n) is 8.60. The first-order chi connectivity index (χ1) is 14.1. The fraction of sp³-hybridized carbons (Fsp3) is 0.200. The van der Waals surface area contributed by atoms with Crippen molar-refractivity contribution < 1.29 is 28.5 Å². The largest absolute Gasteiger partial charge is 0.493 e. The number of nitrogens with zero attached hydrogens (tertiary/aromatic N) is 1. The minimum absolute atomic E-state index is 0.213. The molecule has 0 aliphatic carbocycles. The molecule has 3 aromatic rings. The average Bonchev–Trinajstić information content (AvgIpc) is 3.41. The first kappa shape index (κ1) is 18.9. The van der Waals surface area contributed by atoms with Gasteiger partial charge in [-0.1, -0.05) is 0 Å². The smallest absolute Gasteiger partial charge is 0.261 e. The predicted octanol–water partition coefficient (Wildman–Crippen LogP) is 3.82. The van der Waals surface area contributed by atoms with E-state index < -0.39 is 0 Å². The van der Waals surface area contributed by atoms with E-state index in [0.29, 0.717) is 33.7 Å². The Morgan fingerprint density at radius 3 is 2.59 bits per heavy atom. The van der Waals surface area contributed by atoms with Crippen LogP contribution in [0.1, 0.15) is 10.4 Å². The van der Waals surface area contributed by atoms with E-state index in [1.54, 1.807) is 12.1 Å². The molecule has 0 bridgehead atoms. The van der Waals surface area contributed by atoms with Gasteiger partial charge < -0.3 is 23.7 Å². The number of thiazole rings is 1. The van der Waals surface area contributed by atoms with Crippen molar-refractivity contribution in [3.63, 3.8) is 0 Å². The molecule has 8 nitrogen and oxygen atoms in total. The van der Waals surface area contributed by atoms with Gasteiger partial charge in [0.05, 0.1) is 32.6 Å². The number of fused-ring (bicyclic) bond motifs is 1. The highest BCUT2D eigenvalue weighted by atomic mass is 32.1. The first-order valence-corrected chi connectivity index (χ1v) is 9.48. The number of nitrogens with one attached hydrogen (secondary N) is 1. The van der Waals surface area contributed by atoms with E-state index >= 15 is 0 Å². The van der Waals surface area contributed by atoms with Gasteiger partial charge in [-0.3, -0.25) is 10.1 Å². The molecule has 0 atom stereocenters. The Hall–Kier alpha value is -3.46. The van der Waals surface area contributed by atoms with Gasteiger partial charge in [-0.25, -0.2) is 4.98 Å². The lowest BCUT2D eigenvalue weighted by Gasteiger charge is -2.15. The third kappa shape index (κ3) is 3.52. The molecule has 2 aromatic carbocycles. The van der Waals surface area contributed by atoms with Crippen LogP contribution in [0.15, 0.2) is 35.7 Å². The van der Waals surface area contributed by atoms with Gasteiger partial charge in [0.2, 0.25) is 12.5 Å². The fourth-order valence-electron chi connectivity index (χ4n) is 2.96. The monoisotopic (exact) mass is 414 g/mol. The van der Waals surface area contributed by atoms with Crippen LogP contribution in [0.5, 0.6) is 28.7 Å². The van der Waals surface area contributed by atoms with Crippen LogP contribution >= 0.6 is 11.3 Å². The van der Waals surface area contributed by atoms with Crippen LogP contribution < -0.4 is 29.0 Å². The fourth-order valence-corrected chi connectivity index (χ4v) is 3.68. The topological polar surface area (TPSA) is 88.1 Å². The predicted molar refractivity (Wildman–Crippen MR) is 108 cm³/mol. The van der Waals surface area contributed by atoms with Crippen LogP contribution in [0, 0.1) is 0 Å². The third-order valence-corrected chi connectivity index (χ3v) is 5.10. The molecule has 0 spiro atoms. The van der Waals surface area contributed by atoms with Gasteiger partial charge in [-0.05, 0) is 30.3 Å². The molecule has 1 amide bonds. The molecule has 1 N–H and O–H groups in total. The van der Waals surface area contributed by atoms with Crippen molar-refractivity contribution in [3.05, 3.63) is 41.3 Å². The number of carbonyl (C=O) groups excluding carboxylic acids is 1. The van der Waals surface area contributed by atoms with E-state index in [1.807, 2.05) is 23.6 Å². The van der Waals surface area contributed by atoms with Crippen LogP contribution in [0.2, 0.25) is 0 Å². The summed E-state index contributed by atoms with van der Waals surface area (Å²) < 4.78 is 26.7. The van der Waals surface area contributed by atoms with E-state index in [1.165, 1.54) is 32.7 Å². The summed E-state index contributed by atoms with van der Waals surface area (Å²) in [7, 11) is 4.47. The Balaban J connectivity index is 1.57. The summed E-state index contributed by atoms with van der Waals surface area (Å²) >= 11 is 1.32. The lowest BCUT2D eigenvalue weighted by molar-refractivity contribution is 0.102. The standard InChI is InChI=1S/C20H18N2O6S/c1-24-15-7-5-12(17(25-2)18(15)26-3)19(23)22-20-21-13(9-29-20)11-4-6-14-16(8-11)28-10-27-14/h4-9H,10H2,1-3H3,(H,21,22,23). The van der Waals surface area contributed by atoms with Crippen LogP contribution in [0.4, 0.5) is 5.13 Å². The van der Waals surface area contributed by atoms with Gasteiger partial charge in [0.25, 0.3) is 5.91 Å². The number of amides is 1. The Morgan fingerprint density at radius 1 is 1.03 bits per heavy atom. The molecule has 1 aliphatic heterocycles.